The van der Waals surface area contributed by atoms with Crippen molar-refractivity contribution in [2.24, 2.45) is 0 Å². The van der Waals surface area contributed by atoms with Gasteiger partial charge in [0.25, 0.3) is 0 Å². The van der Waals surface area contributed by atoms with E-state index >= 15 is 0 Å². The first-order valence-electron chi connectivity index (χ1n) is 10.4. The van der Waals surface area contributed by atoms with Crippen LogP contribution in [0.3, 0.4) is 0 Å². The fourth-order valence-corrected chi connectivity index (χ4v) is 4.41. The fraction of sp³-hybridized carbons (Fsp3) is 0.619. The lowest BCUT2D eigenvalue weighted by Gasteiger charge is -2.27. The first-order valence-corrected chi connectivity index (χ1v) is 10.4. The molecule has 1 atom stereocenters. The van der Waals surface area contributed by atoms with Crippen molar-refractivity contribution in [3.8, 4) is 5.75 Å². The lowest BCUT2D eigenvalue weighted by Crippen LogP contribution is -2.31. The maximum atomic E-state index is 12.3. The van der Waals surface area contributed by atoms with Crippen LogP contribution in [0.2, 0.25) is 0 Å². The van der Waals surface area contributed by atoms with Crippen LogP contribution in [0.1, 0.15) is 48.8 Å². The van der Waals surface area contributed by atoms with Gasteiger partial charge in [0.05, 0.1) is 0 Å². The van der Waals surface area contributed by atoms with Crippen LogP contribution >= 0.6 is 0 Å². The van der Waals surface area contributed by atoms with Crippen LogP contribution < -0.4 is 4.74 Å². The molecule has 2 aromatic rings. The van der Waals surface area contributed by atoms with E-state index in [1.807, 2.05) is 0 Å². The van der Waals surface area contributed by atoms with Crippen molar-refractivity contribution in [3.63, 3.8) is 0 Å². The van der Waals surface area contributed by atoms with E-state index in [0.717, 1.165) is 69.1 Å². The van der Waals surface area contributed by atoms with E-state index in [1.54, 1.807) is 12.1 Å². The third-order valence-electron chi connectivity index (χ3n) is 6.04. The molecule has 0 spiro atoms. The van der Waals surface area contributed by atoms with Gasteiger partial charge in [-0.3, -0.25) is 4.90 Å². The van der Waals surface area contributed by atoms with Crippen LogP contribution in [0, 0.1) is 0 Å². The summed E-state index contributed by atoms with van der Waals surface area (Å²) >= 11 is 0. The number of aromatic nitrogens is 3. The first kappa shape index (κ1) is 21.1. The van der Waals surface area contributed by atoms with Gasteiger partial charge in [0, 0.05) is 44.7 Å². The predicted octanol–water partition coefficient (Wildman–Crippen LogP) is 3.91. The number of hydrogen-bond acceptors (Lipinski definition) is 5. The predicted molar refractivity (Wildman–Crippen MR) is 104 cm³/mol. The number of benzene rings is 1. The second-order valence-corrected chi connectivity index (χ2v) is 8.10. The molecule has 0 saturated carbocycles. The number of fused-ring (bicyclic) bond motifs is 1. The summed E-state index contributed by atoms with van der Waals surface area (Å²) in [5.74, 6) is 2.38. The Balaban J connectivity index is 1.35. The summed E-state index contributed by atoms with van der Waals surface area (Å²) in [5, 5.41) is 8.94. The molecule has 164 valence electrons. The van der Waals surface area contributed by atoms with Crippen molar-refractivity contribution < 1.29 is 22.6 Å². The van der Waals surface area contributed by atoms with Gasteiger partial charge in [-0.1, -0.05) is 12.1 Å². The molecule has 0 aliphatic carbocycles. The largest absolute Gasteiger partial charge is 0.573 e. The van der Waals surface area contributed by atoms with E-state index in [-0.39, 0.29) is 5.75 Å². The third kappa shape index (κ3) is 5.13. The quantitative estimate of drug-likeness (QED) is 0.729. The SMILES string of the molecule is CN(Cc1ccc(OC(F)(F)F)cc1)C1CCc2nnc(C3CCOCC3)n2CC1. The Labute approximate surface area is 174 Å². The molecule has 9 heteroatoms. The van der Waals surface area contributed by atoms with Crippen LogP contribution in [0.15, 0.2) is 24.3 Å². The molecule has 2 aliphatic rings. The van der Waals surface area contributed by atoms with Gasteiger partial charge in [-0.2, -0.15) is 0 Å². The van der Waals surface area contributed by atoms with E-state index < -0.39 is 6.36 Å². The summed E-state index contributed by atoms with van der Waals surface area (Å²) in [6, 6.07) is 6.48. The smallest absolute Gasteiger partial charge is 0.406 e. The van der Waals surface area contributed by atoms with E-state index in [0.29, 0.717) is 18.5 Å². The Morgan fingerprint density at radius 3 is 2.53 bits per heavy atom. The van der Waals surface area contributed by atoms with E-state index in [1.165, 1.54) is 12.1 Å². The number of hydrogen-bond donors (Lipinski definition) is 0. The van der Waals surface area contributed by atoms with Gasteiger partial charge in [-0.15, -0.1) is 23.4 Å². The van der Waals surface area contributed by atoms with Gasteiger partial charge >= 0.3 is 6.36 Å². The molecule has 30 heavy (non-hydrogen) atoms. The fourth-order valence-electron chi connectivity index (χ4n) is 4.41. The lowest BCUT2D eigenvalue weighted by atomic mass is 9.99. The van der Waals surface area contributed by atoms with Gasteiger partial charge in [0.1, 0.15) is 17.4 Å². The minimum Gasteiger partial charge on any atom is -0.406 e. The Morgan fingerprint density at radius 2 is 1.83 bits per heavy atom. The van der Waals surface area contributed by atoms with Crippen molar-refractivity contribution in [1.29, 1.82) is 0 Å². The van der Waals surface area contributed by atoms with Crippen molar-refractivity contribution >= 4 is 0 Å². The molecule has 1 aromatic carbocycles. The van der Waals surface area contributed by atoms with E-state index in [9.17, 15) is 13.2 Å². The Morgan fingerprint density at radius 1 is 1.10 bits per heavy atom. The topological polar surface area (TPSA) is 52.4 Å². The second kappa shape index (κ2) is 8.93. The van der Waals surface area contributed by atoms with Crippen LogP contribution in [-0.2, 0) is 24.2 Å². The van der Waals surface area contributed by atoms with Crippen molar-refractivity contribution in [1.82, 2.24) is 19.7 Å². The van der Waals surface area contributed by atoms with Gasteiger partial charge in [-0.05, 0) is 50.4 Å². The van der Waals surface area contributed by atoms with Crippen LogP contribution in [0.25, 0.3) is 0 Å². The summed E-state index contributed by atoms with van der Waals surface area (Å²) in [6.45, 7) is 3.13. The molecule has 4 rings (SSSR count). The Kier molecular flexibility index (Phi) is 6.29. The molecule has 0 bridgehead atoms. The van der Waals surface area contributed by atoms with Gasteiger partial charge in [-0.25, -0.2) is 0 Å². The summed E-state index contributed by atoms with van der Waals surface area (Å²) < 4.78 is 48.7. The number of nitrogens with zero attached hydrogens (tertiary/aromatic N) is 4. The lowest BCUT2D eigenvalue weighted by molar-refractivity contribution is -0.274. The molecular formula is C21H27F3N4O2. The summed E-state index contributed by atoms with van der Waals surface area (Å²) in [7, 11) is 2.07. The van der Waals surface area contributed by atoms with Gasteiger partial charge in [0.2, 0.25) is 0 Å². The molecular weight excluding hydrogens is 397 g/mol. The van der Waals surface area contributed by atoms with Crippen LogP contribution in [0.5, 0.6) is 5.75 Å². The zero-order valence-corrected chi connectivity index (χ0v) is 17.1. The zero-order valence-electron chi connectivity index (χ0n) is 17.1. The molecule has 1 fully saturated rings. The van der Waals surface area contributed by atoms with Crippen molar-refractivity contribution in [2.45, 2.75) is 63.5 Å². The molecule has 0 radical (unpaired) electrons. The highest BCUT2D eigenvalue weighted by molar-refractivity contribution is 5.27. The number of aryl methyl sites for hydroxylation is 1. The molecule has 0 amide bonds. The Bertz CT molecular complexity index is 832. The first-order chi connectivity index (χ1) is 14.4. The molecule has 3 heterocycles. The van der Waals surface area contributed by atoms with Gasteiger partial charge in [0.15, 0.2) is 0 Å². The summed E-state index contributed by atoms with van der Waals surface area (Å²) in [4.78, 5) is 2.27. The number of alkyl halides is 3. The molecule has 6 nitrogen and oxygen atoms in total. The van der Waals surface area contributed by atoms with Crippen molar-refractivity contribution in [3.05, 3.63) is 41.5 Å². The maximum absolute atomic E-state index is 12.3. The van der Waals surface area contributed by atoms with Gasteiger partial charge < -0.3 is 14.0 Å². The second-order valence-electron chi connectivity index (χ2n) is 8.10. The molecule has 1 aromatic heterocycles. The maximum Gasteiger partial charge on any atom is 0.573 e. The minimum absolute atomic E-state index is 0.193. The summed E-state index contributed by atoms with van der Waals surface area (Å²) in [6.07, 6.45) is 0.181. The highest BCUT2D eigenvalue weighted by Crippen LogP contribution is 2.29. The van der Waals surface area contributed by atoms with E-state index in [4.69, 9.17) is 4.74 Å². The average Bonchev–Trinajstić information content (AvgIpc) is 3.00. The number of ether oxygens (including phenoxy) is 2. The van der Waals surface area contributed by atoms with Crippen molar-refractivity contribution in [2.75, 3.05) is 20.3 Å². The highest BCUT2D eigenvalue weighted by Gasteiger charge is 2.31. The van der Waals surface area contributed by atoms with Crippen LogP contribution in [-0.4, -0.2) is 52.3 Å². The molecule has 1 saturated heterocycles. The highest BCUT2D eigenvalue weighted by atomic mass is 19.4. The molecule has 0 N–H and O–H groups in total. The van der Waals surface area contributed by atoms with Crippen LogP contribution in [0.4, 0.5) is 13.2 Å². The zero-order chi connectivity index (χ0) is 21.1. The molecule has 1 unspecified atom stereocenters. The third-order valence-corrected chi connectivity index (χ3v) is 6.04. The normalized spacial score (nSPS) is 20.8. The summed E-state index contributed by atoms with van der Waals surface area (Å²) in [5.41, 5.74) is 0.957. The number of rotatable bonds is 5. The van der Waals surface area contributed by atoms with E-state index in [2.05, 4.69) is 31.4 Å². The average molecular weight is 424 g/mol. The Hall–Kier alpha value is -2.13. The molecule has 2 aliphatic heterocycles. The minimum atomic E-state index is -4.67. The monoisotopic (exact) mass is 424 g/mol. The number of halogens is 3. The standard InChI is InChI=1S/C21H27F3N4O2/c1-27(14-15-2-5-18(6-3-15)30-21(22,23)24)17-4-7-19-25-26-20(28(19)11-8-17)16-9-12-29-13-10-16/h2-3,5-6,16-17H,4,7-14H2,1H3.